The number of aryl methyl sites for hydroxylation is 1. The van der Waals surface area contributed by atoms with Crippen LogP contribution in [0.5, 0.6) is 0 Å². The maximum atomic E-state index is 12.3. The molecule has 1 aliphatic rings. The Labute approximate surface area is 99.5 Å². The summed E-state index contributed by atoms with van der Waals surface area (Å²) in [6, 6.07) is 0.337. The first-order chi connectivity index (χ1) is 7.59. The number of hydrogen-bond donors (Lipinski definition) is 1. The van der Waals surface area contributed by atoms with E-state index in [4.69, 9.17) is 5.73 Å². The van der Waals surface area contributed by atoms with E-state index in [0.717, 1.165) is 25.1 Å². The van der Waals surface area contributed by atoms with Crippen LogP contribution in [0.25, 0.3) is 0 Å². The number of amides is 1. The molecular formula is C11H17N3OS. The summed E-state index contributed by atoms with van der Waals surface area (Å²) < 4.78 is 0. The summed E-state index contributed by atoms with van der Waals surface area (Å²) in [6.45, 7) is 4.81. The van der Waals surface area contributed by atoms with Gasteiger partial charge in [0.25, 0.3) is 5.91 Å². The van der Waals surface area contributed by atoms with Crippen LogP contribution < -0.4 is 5.73 Å². The summed E-state index contributed by atoms with van der Waals surface area (Å²) in [6.07, 6.45) is 3.41. The highest BCUT2D eigenvalue weighted by Gasteiger charge is 2.26. The van der Waals surface area contributed by atoms with Crippen molar-refractivity contribution in [2.24, 2.45) is 0 Å². The molecule has 4 nitrogen and oxygen atoms in total. The second-order valence-corrected chi connectivity index (χ2v) is 5.34. The summed E-state index contributed by atoms with van der Waals surface area (Å²) in [5.41, 5.74) is 6.37. The number of aromatic nitrogens is 1. The van der Waals surface area contributed by atoms with Crippen LogP contribution in [0.3, 0.4) is 0 Å². The molecule has 2 heterocycles. The van der Waals surface area contributed by atoms with Gasteiger partial charge in [0.15, 0.2) is 5.13 Å². The van der Waals surface area contributed by atoms with Crippen LogP contribution in [0.15, 0.2) is 0 Å². The fraction of sp³-hybridized carbons (Fsp3) is 0.636. The Hall–Kier alpha value is -1.10. The lowest BCUT2D eigenvalue weighted by molar-refractivity contribution is 0.0639. The van der Waals surface area contributed by atoms with E-state index in [-0.39, 0.29) is 5.91 Å². The van der Waals surface area contributed by atoms with Gasteiger partial charge < -0.3 is 10.6 Å². The Morgan fingerprint density at radius 1 is 1.56 bits per heavy atom. The first kappa shape index (κ1) is 11.4. The van der Waals surface area contributed by atoms with Gasteiger partial charge in [-0.3, -0.25) is 4.79 Å². The van der Waals surface area contributed by atoms with E-state index >= 15 is 0 Å². The average molecular weight is 239 g/mol. The van der Waals surface area contributed by atoms with Gasteiger partial charge in [0.2, 0.25) is 0 Å². The molecular weight excluding hydrogens is 222 g/mol. The van der Waals surface area contributed by atoms with Gasteiger partial charge in [-0.1, -0.05) is 11.3 Å². The van der Waals surface area contributed by atoms with E-state index in [0.29, 0.717) is 16.1 Å². The molecule has 0 bridgehead atoms. The van der Waals surface area contributed by atoms with Crippen molar-refractivity contribution in [1.29, 1.82) is 0 Å². The minimum atomic E-state index is 0.0962. The van der Waals surface area contributed by atoms with E-state index in [1.807, 2.05) is 11.8 Å². The Bertz CT molecular complexity index is 402. The molecule has 16 heavy (non-hydrogen) atoms. The number of nitrogen functional groups attached to an aromatic ring is 1. The molecule has 1 aromatic rings. The molecule has 0 saturated carbocycles. The van der Waals surface area contributed by atoms with Gasteiger partial charge in [0, 0.05) is 12.6 Å². The maximum Gasteiger partial charge on any atom is 0.266 e. The van der Waals surface area contributed by atoms with Crippen molar-refractivity contribution in [1.82, 2.24) is 9.88 Å². The number of thiazole rings is 1. The number of hydrogen-bond acceptors (Lipinski definition) is 4. The minimum Gasteiger partial charge on any atom is -0.375 e. The second kappa shape index (κ2) is 4.41. The van der Waals surface area contributed by atoms with Gasteiger partial charge in [-0.05, 0) is 33.1 Å². The lowest BCUT2D eigenvalue weighted by Gasteiger charge is -2.33. The summed E-state index contributed by atoms with van der Waals surface area (Å²) in [4.78, 5) is 19.0. The first-order valence-corrected chi connectivity index (χ1v) is 6.45. The van der Waals surface area contributed by atoms with Crippen molar-refractivity contribution in [3.05, 3.63) is 10.6 Å². The lowest BCUT2D eigenvalue weighted by atomic mass is 10.0. The van der Waals surface area contributed by atoms with Gasteiger partial charge in [-0.25, -0.2) is 4.98 Å². The molecule has 1 atom stereocenters. The third-order valence-electron chi connectivity index (χ3n) is 3.07. The SMILES string of the molecule is Cc1nc(N)sc1C(=O)N1CCCCC1C. The van der Waals surface area contributed by atoms with Crippen molar-refractivity contribution in [3.8, 4) is 0 Å². The summed E-state index contributed by atoms with van der Waals surface area (Å²) in [5, 5.41) is 0.477. The summed E-state index contributed by atoms with van der Waals surface area (Å²) in [7, 11) is 0. The zero-order chi connectivity index (χ0) is 11.7. The highest BCUT2D eigenvalue weighted by molar-refractivity contribution is 7.17. The normalized spacial score (nSPS) is 21.1. The molecule has 1 amide bonds. The maximum absolute atomic E-state index is 12.3. The highest BCUT2D eigenvalue weighted by atomic mass is 32.1. The molecule has 0 aliphatic carbocycles. The van der Waals surface area contributed by atoms with Gasteiger partial charge in [0.05, 0.1) is 5.69 Å². The van der Waals surface area contributed by atoms with E-state index in [9.17, 15) is 4.79 Å². The minimum absolute atomic E-state index is 0.0962. The fourth-order valence-corrected chi connectivity index (χ4v) is 2.94. The summed E-state index contributed by atoms with van der Waals surface area (Å²) in [5.74, 6) is 0.0962. The van der Waals surface area contributed by atoms with Crippen LogP contribution in [0, 0.1) is 6.92 Å². The van der Waals surface area contributed by atoms with Gasteiger partial charge in [-0.2, -0.15) is 0 Å². The van der Waals surface area contributed by atoms with Crippen LogP contribution >= 0.6 is 11.3 Å². The number of carbonyl (C=O) groups excluding carboxylic acids is 1. The third kappa shape index (κ3) is 2.04. The molecule has 5 heteroatoms. The molecule has 1 fully saturated rings. The van der Waals surface area contributed by atoms with Crippen molar-refractivity contribution < 1.29 is 4.79 Å². The van der Waals surface area contributed by atoms with Crippen LogP contribution in [-0.2, 0) is 0 Å². The third-order valence-corrected chi connectivity index (χ3v) is 4.05. The standard InChI is InChI=1S/C11H17N3OS/c1-7-5-3-4-6-14(7)10(15)9-8(2)13-11(12)16-9/h7H,3-6H2,1-2H3,(H2,12,13). The molecule has 2 N–H and O–H groups in total. The predicted octanol–water partition coefficient (Wildman–Crippen LogP) is 2.05. The molecule has 0 spiro atoms. The average Bonchev–Trinajstić information content (AvgIpc) is 2.58. The van der Waals surface area contributed by atoms with Crippen molar-refractivity contribution in [2.45, 2.75) is 39.2 Å². The van der Waals surface area contributed by atoms with E-state index < -0.39 is 0 Å². The Morgan fingerprint density at radius 2 is 2.31 bits per heavy atom. The van der Waals surface area contributed by atoms with Gasteiger partial charge in [0.1, 0.15) is 4.88 Å². The van der Waals surface area contributed by atoms with Crippen LogP contribution in [0.2, 0.25) is 0 Å². The van der Waals surface area contributed by atoms with Gasteiger partial charge in [-0.15, -0.1) is 0 Å². The molecule has 1 aromatic heterocycles. The fourth-order valence-electron chi connectivity index (χ4n) is 2.15. The highest BCUT2D eigenvalue weighted by Crippen LogP contribution is 2.25. The number of anilines is 1. The number of nitrogens with zero attached hydrogens (tertiary/aromatic N) is 2. The molecule has 1 aliphatic heterocycles. The molecule has 88 valence electrons. The van der Waals surface area contributed by atoms with Crippen molar-refractivity contribution >= 4 is 22.4 Å². The van der Waals surface area contributed by atoms with Crippen LogP contribution in [-0.4, -0.2) is 28.4 Å². The number of piperidine rings is 1. The number of nitrogens with two attached hydrogens (primary N) is 1. The number of carbonyl (C=O) groups is 1. The summed E-state index contributed by atoms with van der Waals surface area (Å²) >= 11 is 1.29. The Morgan fingerprint density at radius 3 is 2.88 bits per heavy atom. The van der Waals surface area contributed by atoms with E-state index in [1.54, 1.807) is 0 Å². The molecule has 1 saturated heterocycles. The monoisotopic (exact) mass is 239 g/mol. The molecule has 2 rings (SSSR count). The zero-order valence-electron chi connectivity index (χ0n) is 9.69. The van der Waals surface area contributed by atoms with Gasteiger partial charge >= 0.3 is 0 Å². The largest absolute Gasteiger partial charge is 0.375 e. The topological polar surface area (TPSA) is 59.2 Å². The number of rotatable bonds is 1. The molecule has 1 unspecified atom stereocenters. The smallest absolute Gasteiger partial charge is 0.266 e. The van der Waals surface area contributed by atoms with E-state index in [2.05, 4.69) is 11.9 Å². The quantitative estimate of drug-likeness (QED) is 0.816. The van der Waals surface area contributed by atoms with Crippen LogP contribution in [0.4, 0.5) is 5.13 Å². The number of likely N-dealkylation sites (tertiary alicyclic amines) is 1. The van der Waals surface area contributed by atoms with Crippen molar-refractivity contribution in [2.75, 3.05) is 12.3 Å². The zero-order valence-corrected chi connectivity index (χ0v) is 10.5. The van der Waals surface area contributed by atoms with E-state index in [1.165, 1.54) is 17.8 Å². The molecule has 0 aromatic carbocycles. The second-order valence-electron chi connectivity index (χ2n) is 4.31. The predicted molar refractivity (Wildman–Crippen MR) is 65.6 cm³/mol. The Kier molecular flexibility index (Phi) is 3.14. The molecule has 0 radical (unpaired) electrons. The van der Waals surface area contributed by atoms with Crippen molar-refractivity contribution in [3.63, 3.8) is 0 Å². The first-order valence-electron chi connectivity index (χ1n) is 5.63. The Balaban J connectivity index is 2.21. The van der Waals surface area contributed by atoms with Crippen LogP contribution in [0.1, 0.15) is 41.6 Å². The lowest BCUT2D eigenvalue weighted by Crippen LogP contribution is -2.41.